The van der Waals surface area contributed by atoms with Crippen molar-refractivity contribution in [2.75, 3.05) is 49.7 Å². The van der Waals surface area contributed by atoms with E-state index in [2.05, 4.69) is 0 Å². The van der Waals surface area contributed by atoms with Gasteiger partial charge < -0.3 is 29.5 Å². The summed E-state index contributed by atoms with van der Waals surface area (Å²) in [4.78, 5) is 53.9. The molecule has 0 unspecified atom stereocenters. The monoisotopic (exact) mass is 966 g/mol. The fourth-order valence-corrected chi connectivity index (χ4v) is 9.13. The van der Waals surface area contributed by atoms with Gasteiger partial charge in [-0.3, -0.25) is 38.5 Å². The van der Waals surface area contributed by atoms with Crippen molar-refractivity contribution in [3.8, 4) is 23.0 Å². The average Bonchev–Trinajstić information content (AvgIpc) is 3.38. The van der Waals surface area contributed by atoms with E-state index in [1.807, 2.05) is 82.8 Å². The summed E-state index contributed by atoms with van der Waals surface area (Å²) in [6.45, 7) is 1.38. The molecule has 18 heteroatoms. The molecule has 0 radical (unpaired) electrons. The lowest BCUT2D eigenvalue weighted by Gasteiger charge is -2.43. The molecule has 4 bridgehead atoms. The number of fused-ring (bicyclic) bond motifs is 10. The first-order valence-electron chi connectivity index (χ1n) is 20.6. The van der Waals surface area contributed by atoms with Crippen molar-refractivity contribution in [2.45, 2.75) is 12.1 Å². The fraction of sp³-hybridized carbons (Fsp3) is 0.167. The summed E-state index contributed by atoms with van der Waals surface area (Å²) >= 11 is 25.8. The minimum Gasteiger partial charge on any atom is -0.502 e. The number of aromatic hydroxyl groups is 2. The van der Waals surface area contributed by atoms with Gasteiger partial charge in [0.25, 0.3) is 11.8 Å². The van der Waals surface area contributed by atoms with Crippen LogP contribution in [0.25, 0.3) is 0 Å². The number of benzene rings is 4. The van der Waals surface area contributed by atoms with Crippen LogP contribution >= 0.6 is 46.4 Å². The lowest BCUT2D eigenvalue weighted by Crippen LogP contribution is -2.55. The molecular formula is C48H38Cl4N6O8. The predicted octanol–water partition coefficient (Wildman–Crippen LogP) is 7.90. The molecule has 4 aliphatic heterocycles. The molecule has 6 aromatic rings. The van der Waals surface area contributed by atoms with Gasteiger partial charge in [-0.2, -0.15) is 0 Å². The number of pyridine rings is 2. The van der Waals surface area contributed by atoms with E-state index in [-0.39, 0.29) is 61.1 Å². The van der Waals surface area contributed by atoms with E-state index in [9.17, 15) is 29.4 Å². The third kappa shape index (κ3) is 8.10. The average molecular weight is 969 g/mol. The Morgan fingerprint density at radius 1 is 0.500 bits per heavy atom. The van der Waals surface area contributed by atoms with Crippen LogP contribution in [0.3, 0.4) is 0 Å². The second-order valence-electron chi connectivity index (χ2n) is 15.4. The molecule has 2 N–H and O–H groups in total. The number of nitrogens with zero attached hydrogens (tertiary/aromatic N) is 6. The summed E-state index contributed by atoms with van der Waals surface area (Å²) in [6, 6.07) is 27.9. The maximum absolute atomic E-state index is 13.2. The Labute approximate surface area is 397 Å². The lowest BCUT2D eigenvalue weighted by molar-refractivity contribution is 0.0694. The SMILES string of the molecule is O=C1c2c(O)c(=O)ccn2N2CN1C/C=C\COc1c(ccc(Cl)c1Cl)[C@@H]2c1ccccc1.O=C1c2c(O)c(=O)ccn2N2CN1C/C=C\COc1c(ccc(Cl)c1Cl)[C@H]2c1ccccc1. The topological polar surface area (TPSA) is 150 Å². The minimum absolute atomic E-state index is 0.0927. The molecule has 0 saturated carbocycles. The summed E-state index contributed by atoms with van der Waals surface area (Å²) in [6.07, 6.45) is 10.2. The van der Waals surface area contributed by atoms with Crippen molar-refractivity contribution in [1.29, 1.82) is 0 Å². The molecule has 0 fully saturated rings. The third-order valence-corrected chi connectivity index (χ3v) is 13.1. The van der Waals surface area contributed by atoms with Crippen molar-refractivity contribution >= 4 is 58.2 Å². The largest absolute Gasteiger partial charge is 0.502 e. The van der Waals surface area contributed by atoms with Crippen LogP contribution in [0.5, 0.6) is 23.0 Å². The summed E-state index contributed by atoms with van der Waals surface area (Å²) < 4.78 is 15.2. The van der Waals surface area contributed by atoms with Gasteiger partial charge in [-0.25, -0.2) is 0 Å². The van der Waals surface area contributed by atoms with E-state index >= 15 is 0 Å². The lowest BCUT2D eigenvalue weighted by atomic mass is 9.97. The Morgan fingerprint density at radius 3 is 1.29 bits per heavy atom. The van der Waals surface area contributed by atoms with Crippen LogP contribution < -0.4 is 30.3 Å². The van der Waals surface area contributed by atoms with Gasteiger partial charge in [0.15, 0.2) is 22.9 Å². The van der Waals surface area contributed by atoms with Crippen LogP contribution in [0.15, 0.2) is 143 Å². The zero-order chi connectivity index (χ0) is 46.2. The van der Waals surface area contributed by atoms with Gasteiger partial charge in [-0.15, -0.1) is 0 Å². The first kappa shape index (κ1) is 44.4. The summed E-state index contributed by atoms with van der Waals surface area (Å²) in [7, 11) is 0. The van der Waals surface area contributed by atoms with E-state index in [0.29, 0.717) is 21.5 Å². The molecule has 4 aromatic carbocycles. The van der Waals surface area contributed by atoms with Gasteiger partial charge in [0.1, 0.15) is 60.2 Å². The molecule has 0 aliphatic carbocycles. The van der Waals surface area contributed by atoms with E-state index in [0.717, 1.165) is 22.3 Å². The second-order valence-corrected chi connectivity index (χ2v) is 17.0. The Balaban J connectivity index is 0.000000166. The predicted molar refractivity (Wildman–Crippen MR) is 252 cm³/mol. The minimum atomic E-state index is -0.619. The van der Waals surface area contributed by atoms with Crippen molar-refractivity contribution in [3.05, 3.63) is 208 Å². The Morgan fingerprint density at radius 2 is 0.894 bits per heavy atom. The normalized spacial score (nSPS) is 18.6. The van der Waals surface area contributed by atoms with Crippen LogP contribution in [0.2, 0.25) is 20.1 Å². The Kier molecular flexibility index (Phi) is 12.5. The van der Waals surface area contributed by atoms with E-state index in [4.69, 9.17) is 55.9 Å². The van der Waals surface area contributed by atoms with Crippen LogP contribution in [-0.2, 0) is 0 Å². The molecule has 2 aromatic heterocycles. The molecule has 4 aliphatic rings. The zero-order valence-corrected chi connectivity index (χ0v) is 37.7. The van der Waals surface area contributed by atoms with Gasteiger partial charge in [-0.05, 0) is 35.4 Å². The quantitative estimate of drug-likeness (QED) is 0.164. The van der Waals surface area contributed by atoms with Gasteiger partial charge in [-0.1, -0.05) is 131 Å². The molecular weight excluding hydrogens is 930 g/mol. The molecule has 0 spiro atoms. The maximum atomic E-state index is 13.2. The Hall–Kier alpha value is -6.84. The first-order chi connectivity index (χ1) is 31.9. The van der Waals surface area contributed by atoms with Gasteiger partial charge in [0.05, 0.1) is 10.0 Å². The third-order valence-electron chi connectivity index (χ3n) is 11.5. The maximum Gasteiger partial charge on any atom is 0.278 e. The smallest absolute Gasteiger partial charge is 0.278 e. The van der Waals surface area contributed by atoms with E-state index in [1.54, 1.807) is 46.2 Å². The number of hydrogen-bond donors (Lipinski definition) is 2. The highest BCUT2D eigenvalue weighted by atomic mass is 35.5. The van der Waals surface area contributed by atoms with E-state index < -0.39 is 46.3 Å². The molecule has 14 nitrogen and oxygen atoms in total. The number of amides is 2. The second kappa shape index (κ2) is 18.6. The van der Waals surface area contributed by atoms with Gasteiger partial charge >= 0.3 is 0 Å². The Bertz CT molecular complexity index is 2850. The molecule has 66 heavy (non-hydrogen) atoms. The van der Waals surface area contributed by atoms with Gasteiger partial charge in [0, 0.05) is 48.7 Å². The molecule has 0 saturated heterocycles. The number of carbonyl (C=O) groups is 2. The molecule has 2 amide bonds. The van der Waals surface area contributed by atoms with Gasteiger partial charge in [0.2, 0.25) is 10.9 Å². The molecule has 336 valence electrons. The summed E-state index contributed by atoms with van der Waals surface area (Å²) in [5, 5.41) is 26.2. The molecule has 6 heterocycles. The number of aromatic nitrogens is 2. The number of hydrogen-bond acceptors (Lipinski definition) is 10. The van der Waals surface area contributed by atoms with Crippen LogP contribution in [0, 0.1) is 0 Å². The summed E-state index contributed by atoms with van der Waals surface area (Å²) in [5.74, 6) is -1.19. The standard InChI is InChI=1S/2C24H19Cl2N3O4/c2*25-17-9-8-16-20(15-6-2-1-3-7-15)29-14-27(11-4-5-13-33-23(16)19(17)26)24(32)21-22(31)18(30)10-12-28(21)29/h2*1-10,12,20,31H,11,13-14H2/b2*5-4-/t2*20-/m10/s1. The van der Waals surface area contributed by atoms with Crippen molar-refractivity contribution < 1.29 is 29.3 Å². The van der Waals surface area contributed by atoms with Crippen molar-refractivity contribution in [2.24, 2.45) is 0 Å². The van der Waals surface area contributed by atoms with Crippen LogP contribution in [0.1, 0.15) is 55.3 Å². The van der Waals surface area contributed by atoms with Crippen LogP contribution in [0.4, 0.5) is 0 Å². The highest BCUT2D eigenvalue weighted by Crippen LogP contribution is 2.45. The number of carbonyl (C=O) groups excluding carboxylic acids is 2. The van der Waals surface area contributed by atoms with Crippen molar-refractivity contribution in [1.82, 2.24) is 19.2 Å². The number of ether oxygens (including phenoxy) is 2. The first-order valence-corrected chi connectivity index (χ1v) is 22.1. The van der Waals surface area contributed by atoms with Crippen molar-refractivity contribution in [3.63, 3.8) is 0 Å². The highest BCUT2D eigenvalue weighted by molar-refractivity contribution is 6.43. The number of rotatable bonds is 2. The molecule has 10 rings (SSSR count). The zero-order valence-electron chi connectivity index (χ0n) is 34.6. The molecule has 2 atom stereocenters. The van der Waals surface area contributed by atoms with E-state index in [1.165, 1.54) is 33.9 Å². The fourth-order valence-electron chi connectivity index (χ4n) is 8.38. The van der Waals surface area contributed by atoms with Crippen LogP contribution in [-0.4, -0.2) is 80.8 Å². The highest BCUT2D eigenvalue weighted by Gasteiger charge is 2.39. The number of halogens is 4. The summed E-state index contributed by atoms with van der Waals surface area (Å²) in [5.41, 5.74) is 1.82.